The molecule has 3 rings (SSSR count). The minimum atomic E-state index is -1.05. The van der Waals surface area contributed by atoms with Crippen molar-refractivity contribution in [3.8, 4) is 0 Å². The second kappa shape index (κ2) is 7.35. The van der Waals surface area contributed by atoms with Crippen LogP contribution in [0.1, 0.15) is 12.8 Å². The zero-order valence-corrected chi connectivity index (χ0v) is 14.9. The highest BCUT2D eigenvalue weighted by Crippen LogP contribution is 2.42. The van der Waals surface area contributed by atoms with Crippen LogP contribution in [0.25, 0.3) is 0 Å². The molecule has 2 aliphatic rings. The first-order valence-corrected chi connectivity index (χ1v) is 8.69. The minimum Gasteiger partial charge on any atom is -0.480 e. The van der Waals surface area contributed by atoms with Crippen molar-refractivity contribution in [2.75, 3.05) is 49.6 Å². The van der Waals surface area contributed by atoms with Crippen LogP contribution in [-0.4, -0.2) is 71.6 Å². The average Bonchev–Trinajstić information content (AvgIpc) is 3.11. The molecule has 0 amide bonds. The highest BCUT2D eigenvalue weighted by molar-refractivity contribution is 5.84. The largest absolute Gasteiger partial charge is 0.480 e. The number of rotatable bonds is 5. The normalized spacial score (nSPS) is 20.7. The highest BCUT2D eigenvalue weighted by atomic mass is 16.6. The molecule has 0 unspecified atom stereocenters. The second-order valence-electron chi connectivity index (χ2n) is 6.82. The predicted octanol–water partition coefficient (Wildman–Crippen LogP) is 1.31. The Morgan fingerprint density at radius 2 is 1.63 bits per heavy atom. The summed E-state index contributed by atoms with van der Waals surface area (Å²) >= 11 is 0. The van der Waals surface area contributed by atoms with Gasteiger partial charge in [0.15, 0.2) is 0 Å². The predicted molar refractivity (Wildman–Crippen MR) is 97.5 cm³/mol. The summed E-state index contributed by atoms with van der Waals surface area (Å²) in [5.41, 5.74) is -0.344. The van der Waals surface area contributed by atoms with Crippen LogP contribution in [0.5, 0.6) is 0 Å². The number of carbonyl (C=O) groups is 1. The Morgan fingerprint density at radius 1 is 1.04 bits per heavy atom. The number of carboxylic acid groups (broad SMARTS) is 1. The zero-order valence-electron chi connectivity index (χ0n) is 14.9. The molecule has 1 aromatic rings. The number of piperazine rings is 1. The summed E-state index contributed by atoms with van der Waals surface area (Å²) in [5.74, 6) is -1.05. The first kappa shape index (κ1) is 18.8. The number of hydrogen-bond acceptors (Lipinski definition) is 8. The van der Waals surface area contributed by atoms with Crippen molar-refractivity contribution in [2.45, 2.75) is 18.9 Å². The van der Waals surface area contributed by atoms with Crippen molar-refractivity contribution in [2.24, 2.45) is 0 Å². The number of hydrogen-bond donors (Lipinski definition) is 1. The number of carboxylic acids is 1. The van der Waals surface area contributed by atoms with Gasteiger partial charge in [0, 0.05) is 32.7 Å². The fraction of sp³-hybridized carbons (Fsp3) is 0.562. The molecule has 0 radical (unpaired) electrons. The van der Waals surface area contributed by atoms with E-state index in [2.05, 4.69) is 4.90 Å². The fourth-order valence-electron chi connectivity index (χ4n) is 3.69. The maximum Gasteiger partial charge on any atom is 0.326 e. The van der Waals surface area contributed by atoms with E-state index in [-0.39, 0.29) is 11.4 Å². The molecule has 1 atom stereocenters. The number of aliphatic carboxylic acids is 1. The Morgan fingerprint density at radius 3 is 2.19 bits per heavy atom. The molecule has 11 heteroatoms. The Labute approximate surface area is 155 Å². The molecule has 1 N–H and O–H groups in total. The van der Waals surface area contributed by atoms with Crippen LogP contribution >= 0.6 is 0 Å². The number of anilines is 2. The average molecular weight is 379 g/mol. The number of benzene rings is 1. The maximum atomic E-state index is 11.5. The van der Waals surface area contributed by atoms with Gasteiger partial charge in [0.05, 0.1) is 15.9 Å². The van der Waals surface area contributed by atoms with E-state index in [1.165, 1.54) is 11.0 Å². The van der Waals surface area contributed by atoms with Gasteiger partial charge in [0.25, 0.3) is 11.4 Å². The summed E-state index contributed by atoms with van der Waals surface area (Å²) < 4.78 is 0. The van der Waals surface area contributed by atoms with E-state index in [9.17, 15) is 30.1 Å². The molecule has 0 bridgehead atoms. The molecule has 0 spiro atoms. The molecular formula is C16H21N5O6. The van der Waals surface area contributed by atoms with E-state index in [0.717, 1.165) is 6.07 Å². The van der Waals surface area contributed by atoms with Gasteiger partial charge in [-0.25, -0.2) is 4.79 Å². The Bertz CT molecular complexity index is 777. The molecule has 27 heavy (non-hydrogen) atoms. The highest BCUT2D eigenvalue weighted by Gasteiger charge is 2.37. The van der Waals surface area contributed by atoms with Crippen LogP contribution in [-0.2, 0) is 4.79 Å². The van der Waals surface area contributed by atoms with E-state index >= 15 is 0 Å². The molecule has 2 saturated heterocycles. The summed E-state index contributed by atoms with van der Waals surface area (Å²) in [6.07, 6.45) is 0.974. The third kappa shape index (κ3) is 3.63. The van der Waals surface area contributed by atoms with Gasteiger partial charge in [-0.05, 0) is 26.0 Å². The maximum absolute atomic E-state index is 11.5. The molecular weight excluding hydrogens is 358 g/mol. The lowest BCUT2D eigenvalue weighted by atomic mass is 10.1. The van der Waals surface area contributed by atoms with Crippen molar-refractivity contribution in [1.82, 2.24) is 4.90 Å². The van der Waals surface area contributed by atoms with Gasteiger partial charge in [-0.3, -0.25) is 20.2 Å². The SMILES string of the molecule is CN1CCN(c2cc(N3CCC[C@H]3C(=O)O)c([N+](=O)[O-])cc2[N+](=O)[O-])CC1. The molecule has 0 aromatic heterocycles. The molecule has 146 valence electrons. The Hall–Kier alpha value is -2.95. The lowest BCUT2D eigenvalue weighted by Crippen LogP contribution is -2.44. The van der Waals surface area contributed by atoms with Crippen LogP contribution in [0.2, 0.25) is 0 Å². The number of nitro groups is 2. The van der Waals surface area contributed by atoms with E-state index in [1.54, 1.807) is 0 Å². The first-order valence-electron chi connectivity index (χ1n) is 8.69. The van der Waals surface area contributed by atoms with E-state index < -0.39 is 27.5 Å². The van der Waals surface area contributed by atoms with E-state index in [0.29, 0.717) is 51.3 Å². The number of nitro benzene ring substituents is 2. The lowest BCUT2D eigenvalue weighted by Gasteiger charge is -2.34. The smallest absolute Gasteiger partial charge is 0.326 e. The van der Waals surface area contributed by atoms with Gasteiger partial charge in [0.1, 0.15) is 17.4 Å². The van der Waals surface area contributed by atoms with Crippen molar-refractivity contribution < 1.29 is 19.7 Å². The summed E-state index contributed by atoms with van der Waals surface area (Å²) in [5, 5.41) is 32.5. The van der Waals surface area contributed by atoms with Crippen molar-refractivity contribution in [1.29, 1.82) is 0 Å². The molecule has 2 heterocycles. The summed E-state index contributed by atoms with van der Waals surface area (Å²) in [7, 11) is 1.95. The van der Waals surface area contributed by atoms with Crippen molar-refractivity contribution >= 4 is 28.7 Å². The third-order valence-corrected chi connectivity index (χ3v) is 5.16. The van der Waals surface area contributed by atoms with Gasteiger partial charge in [0.2, 0.25) is 0 Å². The lowest BCUT2D eigenvalue weighted by molar-refractivity contribution is -0.393. The van der Waals surface area contributed by atoms with Gasteiger partial charge >= 0.3 is 5.97 Å². The van der Waals surface area contributed by atoms with Gasteiger partial charge in [-0.15, -0.1) is 0 Å². The van der Waals surface area contributed by atoms with Crippen LogP contribution in [0.15, 0.2) is 12.1 Å². The summed E-state index contributed by atoms with van der Waals surface area (Å²) in [6.45, 7) is 2.89. The van der Waals surface area contributed by atoms with Crippen LogP contribution < -0.4 is 9.80 Å². The van der Waals surface area contributed by atoms with Gasteiger partial charge in [-0.1, -0.05) is 0 Å². The minimum absolute atomic E-state index is 0.129. The fourth-order valence-corrected chi connectivity index (χ4v) is 3.69. The number of likely N-dealkylation sites (N-methyl/N-ethyl adjacent to an activating group) is 1. The van der Waals surface area contributed by atoms with Crippen LogP contribution in [0, 0.1) is 20.2 Å². The zero-order chi connectivity index (χ0) is 19.7. The third-order valence-electron chi connectivity index (χ3n) is 5.16. The topological polar surface area (TPSA) is 133 Å². The second-order valence-corrected chi connectivity index (χ2v) is 6.82. The summed E-state index contributed by atoms with van der Waals surface area (Å²) in [4.78, 5) is 38.7. The first-order chi connectivity index (χ1) is 12.8. The number of nitrogens with zero attached hydrogens (tertiary/aromatic N) is 5. The summed E-state index contributed by atoms with van der Waals surface area (Å²) in [6, 6.07) is 1.51. The quantitative estimate of drug-likeness (QED) is 0.593. The molecule has 2 aliphatic heterocycles. The van der Waals surface area contributed by atoms with Crippen molar-refractivity contribution in [3.05, 3.63) is 32.4 Å². The molecule has 0 aliphatic carbocycles. The Kier molecular flexibility index (Phi) is 5.13. The monoisotopic (exact) mass is 379 g/mol. The standard InChI is InChI=1S/C16H21N5O6/c1-17-5-7-18(8-6-17)12-9-13(19-4-2-3-11(19)16(22)23)15(21(26)27)10-14(12)20(24)25/h9-11H,2-8H2,1H3,(H,22,23)/t11-/m0/s1. The van der Waals surface area contributed by atoms with Gasteiger partial charge < -0.3 is 19.8 Å². The van der Waals surface area contributed by atoms with Crippen molar-refractivity contribution in [3.63, 3.8) is 0 Å². The van der Waals surface area contributed by atoms with Gasteiger partial charge in [-0.2, -0.15) is 0 Å². The molecule has 2 fully saturated rings. The molecule has 1 aromatic carbocycles. The van der Waals surface area contributed by atoms with Crippen LogP contribution in [0.4, 0.5) is 22.7 Å². The molecule has 11 nitrogen and oxygen atoms in total. The van der Waals surface area contributed by atoms with E-state index in [1.807, 2.05) is 11.9 Å². The molecule has 0 saturated carbocycles. The van der Waals surface area contributed by atoms with E-state index in [4.69, 9.17) is 0 Å². The van der Waals surface area contributed by atoms with Crippen LogP contribution in [0.3, 0.4) is 0 Å². The Balaban J connectivity index is 2.11.